The highest BCUT2D eigenvalue weighted by Crippen LogP contribution is 2.17. The number of hydrogen-bond acceptors (Lipinski definition) is 4. The molecule has 0 spiro atoms. The molecule has 2 N–H and O–H groups in total. The van der Waals surface area contributed by atoms with Crippen LogP contribution in [0, 0.1) is 0 Å². The highest BCUT2D eigenvalue weighted by molar-refractivity contribution is 5.79. The maximum Gasteiger partial charge on any atom is 0.234 e. The molecular formula is C9H18N2O3. The quantitative estimate of drug-likeness (QED) is 0.648. The zero-order chi connectivity index (χ0) is 10.7. The van der Waals surface area contributed by atoms with E-state index in [1.54, 1.807) is 21.1 Å². The van der Waals surface area contributed by atoms with Crippen LogP contribution in [0.4, 0.5) is 0 Å². The van der Waals surface area contributed by atoms with Gasteiger partial charge in [-0.1, -0.05) is 0 Å². The molecule has 1 heterocycles. The third-order valence-electron chi connectivity index (χ3n) is 2.81. The first-order chi connectivity index (χ1) is 6.60. The second kappa shape index (κ2) is 4.72. The number of carbonyl (C=O) groups is 1. The summed E-state index contributed by atoms with van der Waals surface area (Å²) in [5, 5.41) is 0. The van der Waals surface area contributed by atoms with Crippen molar-refractivity contribution in [1.29, 1.82) is 0 Å². The lowest BCUT2D eigenvalue weighted by molar-refractivity contribution is -0.122. The van der Waals surface area contributed by atoms with E-state index < -0.39 is 0 Å². The summed E-state index contributed by atoms with van der Waals surface area (Å²) in [6.45, 7) is 3.19. The Hall–Kier alpha value is -0.650. The fourth-order valence-electron chi connectivity index (χ4n) is 1.72. The van der Waals surface area contributed by atoms with Crippen molar-refractivity contribution in [3.8, 4) is 0 Å². The molecule has 5 nitrogen and oxygen atoms in total. The smallest absolute Gasteiger partial charge is 0.234 e. The van der Waals surface area contributed by atoms with E-state index in [9.17, 15) is 4.79 Å². The first kappa shape index (κ1) is 11.4. The van der Waals surface area contributed by atoms with Crippen molar-refractivity contribution in [3.63, 3.8) is 0 Å². The molecule has 3 atom stereocenters. The molecule has 1 aliphatic heterocycles. The minimum absolute atomic E-state index is 0.0294. The molecule has 1 rings (SSSR count). The van der Waals surface area contributed by atoms with Crippen LogP contribution in [0.5, 0.6) is 0 Å². The molecule has 1 fully saturated rings. The van der Waals surface area contributed by atoms with Gasteiger partial charge in [-0.05, 0) is 6.92 Å². The Labute approximate surface area is 84.1 Å². The number of nitrogens with zero attached hydrogens (tertiary/aromatic N) is 1. The van der Waals surface area contributed by atoms with Crippen molar-refractivity contribution >= 4 is 5.91 Å². The molecule has 82 valence electrons. The maximum absolute atomic E-state index is 11.0. The first-order valence-electron chi connectivity index (χ1n) is 4.69. The summed E-state index contributed by atoms with van der Waals surface area (Å²) in [5.74, 6) is -0.309. The summed E-state index contributed by atoms with van der Waals surface area (Å²) < 4.78 is 10.5. The molecule has 14 heavy (non-hydrogen) atoms. The van der Waals surface area contributed by atoms with Gasteiger partial charge in [0.25, 0.3) is 0 Å². The lowest BCUT2D eigenvalue weighted by Gasteiger charge is -2.20. The number of primary amides is 1. The molecule has 5 heteroatoms. The monoisotopic (exact) mass is 202 g/mol. The maximum atomic E-state index is 11.0. The number of likely N-dealkylation sites (tertiary alicyclic amines) is 1. The van der Waals surface area contributed by atoms with E-state index in [2.05, 4.69) is 0 Å². The van der Waals surface area contributed by atoms with Gasteiger partial charge in [-0.25, -0.2) is 0 Å². The van der Waals surface area contributed by atoms with Crippen LogP contribution in [0.15, 0.2) is 0 Å². The molecule has 0 aromatic rings. The summed E-state index contributed by atoms with van der Waals surface area (Å²) in [4.78, 5) is 13.0. The van der Waals surface area contributed by atoms with Gasteiger partial charge in [0.1, 0.15) is 0 Å². The minimum atomic E-state index is -0.309. The van der Waals surface area contributed by atoms with Gasteiger partial charge in [-0.3, -0.25) is 9.69 Å². The molecule has 3 unspecified atom stereocenters. The highest BCUT2D eigenvalue weighted by atomic mass is 16.5. The van der Waals surface area contributed by atoms with E-state index in [4.69, 9.17) is 15.2 Å². The molecule has 0 bridgehead atoms. The number of ether oxygens (including phenoxy) is 2. The highest BCUT2D eigenvalue weighted by Gasteiger charge is 2.36. The number of nitrogens with two attached hydrogens (primary N) is 1. The van der Waals surface area contributed by atoms with Gasteiger partial charge >= 0.3 is 0 Å². The molecule has 0 aromatic carbocycles. The Kier molecular flexibility index (Phi) is 3.86. The molecule has 1 amide bonds. The third-order valence-corrected chi connectivity index (χ3v) is 2.81. The summed E-state index contributed by atoms with van der Waals surface area (Å²) in [6, 6.07) is -0.257. The lowest BCUT2D eigenvalue weighted by atomic mass is 10.3. The molecule has 0 radical (unpaired) electrons. The number of methoxy groups -OCH3 is 2. The van der Waals surface area contributed by atoms with Crippen molar-refractivity contribution in [2.24, 2.45) is 5.73 Å². The van der Waals surface area contributed by atoms with Gasteiger partial charge in [-0.15, -0.1) is 0 Å². The summed E-state index contributed by atoms with van der Waals surface area (Å²) >= 11 is 0. The molecule has 0 saturated carbocycles. The Balaban J connectivity index is 2.56. The van der Waals surface area contributed by atoms with Crippen molar-refractivity contribution in [2.75, 3.05) is 27.3 Å². The number of amides is 1. The van der Waals surface area contributed by atoms with E-state index in [-0.39, 0.29) is 24.2 Å². The first-order valence-corrected chi connectivity index (χ1v) is 4.69. The van der Waals surface area contributed by atoms with Crippen LogP contribution in [-0.4, -0.2) is 56.4 Å². The SMILES string of the molecule is COC1CN(C(C)C(N)=O)CC1OC. The van der Waals surface area contributed by atoms with Gasteiger partial charge < -0.3 is 15.2 Å². The van der Waals surface area contributed by atoms with E-state index in [0.717, 1.165) is 0 Å². The third kappa shape index (κ3) is 2.23. The predicted molar refractivity (Wildman–Crippen MR) is 51.8 cm³/mol. The zero-order valence-electron chi connectivity index (χ0n) is 8.90. The fourth-order valence-corrected chi connectivity index (χ4v) is 1.72. The zero-order valence-corrected chi connectivity index (χ0v) is 8.90. The second-order valence-electron chi connectivity index (χ2n) is 3.58. The van der Waals surface area contributed by atoms with Crippen molar-refractivity contribution in [2.45, 2.75) is 25.2 Å². The predicted octanol–water partition coefficient (Wildman–Crippen LogP) is -0.794. The van der Waals surface area contributed by atoms with Gasteiger partial charge in [0.2, 0.25) is 5.91 Å². The Morgan fingerprint density at radius 3 is 2.07 bits per heavy atom. The molecule has 1 saturated heterocycles. The molecule has 0 aromatic heterocycles. The van der Waals surface area contributed by atoms with E-state index in [1.807, 2.05) is 4.90 Å². The lowest BCUT2D eigenvalue weighted by Crippen LogP contribution is -2.42. The number of rotatable bonds is 4. The average Bonchev–Trinajstić information content (AvgIpc) is 2.59. The largest absolute Gasteiger partial charge is 0.377 e. The van der Waals surface area contributed by atoms with Crippen molar-refractivity contribution in [3.05, 3.63) is 0 Å². The summed E-state index contributed by atoms with van der Waals surface area (Å²) in [6.07, 6.45) is 0.0589. The van der Waals surface area contributed by atoms with Gasteiger partial charge in [0.05, 0.1) is 18.2 Å². The van der Waals surface area contributed by atoms with Gasteiger partial charge in [0, 0.05) is 27.3 Å². The molecule has 1 aliphatic rings. The van der Waals surface area contributed by atoms with E-state index in [1.165, 1.54) is 0 Å². The number of carbonyl (C=O) groups excluding carboxylic acids is 1. The van der Waals surface area contributed by atoms with Crippen LogP contribution in [-0.2, 0) is 14.3 Å². The van der Waals surface area contributed by atoms with Crippen LogP contribution in [0.2, 0.25) is 0 Å². The van der Waals surface area contributed by atoms with Gasteiger partial charge in [0.15, 0.2) is 0 Å². The minimum Gasteiger partial charge on any atom is -0.377 e. The van der Waals surface area contributed by atoms with Crippen LogP contribution in [0.3, 0.4) is 0 Å². The molecular weight excluding hydrogens is 184 g/mol. The Morgan fingerprint density at radius 2 is 1.79 bits per heavy atom. The summed E-state index contributed by atoms with van der Waals surface area (Å²) in [7, 11) is 3.30. The standard InChI is InChI=1S/C9H18N2O3/c1-6(9(10)12)11-4-7(13-2)8(5-11)14-3/h6-8H,4-5H2,1-3H3,(H2,10,12). The van der Waals surface area contributed by atoms with Crippen LogP contribution >= 0.6 is 0 Å². The number of hydrogen-bond donors (Lipinski definition) is 1. The van der Waals surface area contributed by atoms with E-state index in [0.29, 0.717) is 13.1 Å². The Morgan fingerprint density at radius 1 is 1.36 bits per heavy atom. The van der Waals surface area contributed by atoms with E-state index >= 15 is 0 Å². The normalized spacial score (nSPS) is 30.5. The van der Waals surface area contributed by atoms with Crippen molar-refractivity contribution in [1.82, 2.24) is 4.90 Å². The summed E-state index contributed by atoms with van der Waals surface area (Å²) in [5.41, 5.74) is 5.23. The van der Waals surface area contributed by atoms with Gasteiger partial charge in [-0.2, -0.15) is 0 Å². The van der Waals surface area contributed by atoms with Crippen LogP contribution < -0.4 is 5.73 Å². The second-order valence-corrected chi connectivity index (χ2v) is 3.58. The topological polar surface area (TPSA) is 64.8 Å². The fraction of sp³-hybridized carbons (Fsp3) is 0.889. The Bertz CT molecular complexity index is 198. The van der Waals surface area contributed by atoms with Crippen molar-refractivity contribution < 1.29 is 14.3 Å². The molecule has 0 aliphatic carbocycles. The van der Waals surface area contributed by atoms with Crippen LogP contribution in [0.25, 0.3) is 0 Å². The van der Waals surface area contributed by atoms with Crippen LogP contribution in [0.1, 0.15) is 6.92 Å². The average molecular weight is 202 g/mol.